The van der Waals surface area contributed by atoms with Crippen molar-refractivity contribution in [2.45, 2.75) is 46.3 Å². The fraction of sp³-hybridized carbons (Fsp3) is 0.467. The van der Waals surface area contributed by atoms with Gasteiger partial charge in [0.25, 0.3) is 5.89 Å². The van der Waals surface area contributed by atoms with E-state index in [9.17, 15) is 5.11 Å². The lowest BCUT2D eigenvalue weighted by molar-refractivity contribution is 0.198. The average molecular weight is 276 g/mol. The quantitative estimate of drug-likeness (QED) is 0.908. The maximum absolute atomic E-state index is 9.53. The third-order valence-corrected chi connectivity index (χ3v) is 3.03. The first-order chi connectivity index (χ1) is 9.47. The van der Waals surface area contributed by atoms with Crippen LogP contribution in [0.1, 0.15) is 55.6 Å². The van der Waals surface area contributed by atoms with Crippen LogP contribution < -0.4 is 4.74 Å². The molecule has 0 saturated carbocycles. The van der Waals surface area contributed by atoms with E-state index in [0.717, 1.165) is 16.9 Å². The Morgan fingerprint density at radius 2 is 2.05 bits per heavy atom. The van der Waals surface area contributed by atoms with Gasteiger partial charge in [0.1, 0.15) is 5.75 Å². The van der Waals surface area contributed by atoms with Gasteiger partial charge in [-0.3, -0.25) is 0 Å². The van der Waals surface area contributed by atoms with E-state index in [-0.39, 0.29) is 12.5 Å². The number of aryl methyl sites for hydroxylation is 1. The highest BCUT2D eigenvalue weighted by Crippen LogP contribution is 2.23. The molecule has 2 aromatic rings. The Hall–Kier alpha value is -1.88. The molecule has 0 saturated heterocycles. The number of aliphatic hydroxyl groups is 1. The minimum absolute atomic E-state index is 0.236. The molecule has 0 amide bonds. The Balaban J connectivity index is 2.03. The molecule has 1 atom stereocenters. The molecular formula is C15H20N2O3. The van der Waals surface area contributed by atoms with E-state index < -0.39 is 6.10 Å². The van der Waals surface area contributed by atoms with Gasteiger partial charge in [-0.05, 0) is 37.1 Å². The summed E-state index contributed by atoms with van der Waals surface area (Å²) in [6.07, 6.45) is -0.479. The summed E-state index contributed by atoms with van der Waals surface area (Å²) in [6, 6.07) is 5.60. The number of rotatable bonds is 5. The number of aliphatic hydroxyl groups excluding tert-OH is 1. The van der Waals surface area contributed by atoms with Crippen LogP contribution in [0.2, 0.25) is 0 Å². The van der Waals surface area contributed by atoms with E-state index in [1.54, 1.807) is 6.92 Å². The number of aromatic nitrogens is 2. The summed E-state index contributed by atoms with van der Waals surface area (Å²) in [6.45, 7) is 7.94. The summed E-state index contributed by atoms with van der Waals surface area (Å²) in [5.41, 5.74) is 1.83. The van der Waals surface area contributed by atoms with Crippen LogP contribution in [0.4, 0.5) is 0 Å². The summed E-state index contributed by atoms with van der Waals surface area (Å²) in [7, 11) is 0. The van der Waals surface area contributed by atoms with Gasteiger partial charge in [-0.2, -0.15) is 4.98 Å². The van der Waals surface area contributed by atoms with Crippen molar-refractivity contribution in [2.24, 2.45) is 0 Å². The standard InChI is InChI=1S/C15H20N2O3/c1-9(2)15-16-14(20-17-15)8-19-13-6-5-12(11(4)18)7-10(13)3/h5-7,9,11,18H,8H2,1-4H3/t11-/m0/s1. The first-order valence-electron chi connectivity index (χ1n) is 6.71. The molecule has 2 rings (SSSR count). The van der Waals surface area contributed by atoms with Gasteiger partial charge in [-0.1, -0.05) is 25.1 Å². The molecule has 1 aromatic heterocycles. The molecule has 5 heteroatoms. The number of nitrogens with zero attached hydrogens (tertiary/aromatic N) is 2. The number of benzene rings is 1. The molecule has 0 fully saturated rings. The van der Waals surface area contributed by atoms with Crippen molar-refractivity contribution in [3.63, 3.8) is 0 Å². The molecule has 20 heavy (non-hydrogen) atoms. The lowest BCUT2D eigenvalue weighted by atomic mass is 10.1. The molecule has 0 bridgehead atoms. The minimum Gasteiger partial charge on any atom is -0.483 e. The zero-order valence-electron chi connectivity index (χ0n) is 12.3. The largest absolute Gasteiger partial charge is 0.483 e. The lowest BCUT2D eigenvalue weighted by Gasteiger charge is -2.10. The first-order valence-corrected chi connectivity index (χ1v) is 6.71. The van der Waals surface area contributed by atoms with E-state index in [2.05, 4.69) is 10.1 Å². The molecule has 1 heterocycles. The van der Waals surface area contributed by atoms with Crippen LogP contribution in [0, 0.1) is 6.92 Å². The minimum atomic E-state index is -0.479. The summed E-state index contributed by atoms with van der Waals surface area (Å²) in [5.74, 6) is 2.13. The van der Waals surface area contributed by atoms with Crippen LogP contribution in [0.25, 0.3) is 0 Å². The Bertz CT molecular complexity index is 576. The van der Waals surface area contributed by atoms with Crippen molar-refractivity contribution in [1.82, 2.24) is 10.1 Å². The predicted octanol–water partition coefficient (Wildman–Crippen LogP) is 3.13. The number of ether oxygens (including phenoxy) is 1. The van der Waals surface area contributed by atoms with Gasteiger partial charge < -0.3 is 14.4 Å². The highest BCUT2D eigenvalue weighted by molar-refractivity contribution is 5.36. The predicted molar refractivity (Wildman–Crippen MR) is 74.5 cm³/mol. The van der Waals surface area contributed by atoms with Crippen molar-refractivity contribution in [3.8, 4) is 5.75 Å². The summed E-state index contributed by atoms with van der Waals surface area (Å²) in [4.78, 5) is 4.26. The van der Waals surface area contributed by atoms with Gasteiger partial charge in [0.15, 0.2) is 12.4 Å². The Labute approximate surface area is 118 Å². The summed E-state index contributed by atoms with van der Waals surface area (Å²) < 4.78 is 10.8. The molecule has 1 aromatic carbocycles. The number of hydrogen-bond donors (Lipinski definition) is 1. The third-order valence-electron chi connectivity index (χ3n) is 3.03. The summed E-state index contributed by atoms with van der Waals surface area (Å²) in [5, 5.41) is 13.4. The highest BCUT2D eigenvalue weighted by atomic mass is 16.5. The molecular weight excluding hydrogens is 256 g/mol. The Morgan fingerprint density at radius 1 is 1.30 bits per heavy atom. The second kappa shape index (κ2) is 6.05. The van der Waals surface area contributed by atoms with Crippen LogP contribution in [0.3, 0.4) is 0 Å². The second-order valence-corrected chi connectivity index (χ2v) is 5.19. The molecule has 108 valence electrons. The lowest BCUT2D eigenvalue weighted by Crippen LogP contribution is -1.99. The zero-order valence-corrected chi connectivity index (χ0v) is 12.3. The molecule has 1 N–H and O–H groups in total. The molecule has 0 aliphatic heterocycles. The first kappa shape index (κ1) is 14.5. The fourth-order valence-electron chi connectivity index (χ4n) is 1.80. The van der Waals surface area contributed by atoms with Gasteiger partial charge >= 0.3 is 0 Å². The maximum atomic E-state index is 9.53. The van der Waals surface area contributed by atoms with Crippen LogP contribution in [-0.4, -0.2) is 15.2 Å². The van der Waals surface area contributed by atoms with Crippen LogP contribution >= 0.6 is 0 Å². The van der Waals surface area contributed by atoms with Crippen molar-refractivity contribution in [1.29, 1.82) is 0 Å². The van der Waals surface area contributed by atoms with Crippen molar-refractivity contribution in [2.75, 3.05) is 0 Å². The number of hydrogen-bond acceptors (Lipinski definition) is 5. The van der Waals surface area contributed by atoms with E-state index in [1.165, 1.54) is 0 Å². The van der Waals surface area contributed by atoms with Crippen molar-refractivity contribution in [3.05, 3.63) is 41.0 Å². The normalized spacial score (nSPS) is 12.7. The van der Waals surface area contributed by atoms with E-state index in [1.807, 2.05) is 39.0 Å². The molecule has 0 aliphatic carbocycles. The smallest absolute Gasteiger partial charge is 0.264 e. The van der Waals surface area contributed by atoms with Gasteiger partial charge in [0.2, 0.25) is 0 Å². The van der Waals surface area contributed by atoms with Crippen molar-refractivity contribution >= 4 is 0 Å². The topological polar surface area (TPSA) is 68.4 Å². The van der Waals surface area contributed by atoms with Crippen LogP contribution in [-0.2, 0) is 6.61 Å². The van der Waals surface area contributed by atoms with Gasteiger partial charge in [-0.25, -0.2) is 0 Å². The summed E-state index contributed by atoms with van der Waals surface area (Å²) >= 11 is 0. The molecule has 0 spiro atoms. The molecule has 0 aliphatic rings. The average Bonchev–Trinajstić information content (AvgIpc) is 2.86. The molecule has 0 unspecified atom stereocenters. The Morgan fingerprint density at radius 3 is 2.60 bits per heavy atom. The van der Waals surface area contributed by atoms with Crippen LogP contribution in [0.15, 0.2) is 22.7 Å². The van der Waals surface area contributed by atoms with E-state index >= 15 is 0 Å². The Kier molecular flexibility index (Phi) is 4.39. The SMILES string of the molecule is Cc1cc([C@H](C)O)ccc1OCc1nc(C(C)C)no1. The van der Waals surface area contributed by atoms with Gasteiger partial charge in [-0.15, -0.1) is 0 Å². The fourth-order valence-corrected chi connectivity index (χ4v) is 1.80. The third kappa shape index (κ3) is 3.36. The highest BCUT2D eigenvalue weighted by Gasteiger charge is 2.11. The van der Waals surface area contributed by atoms with Gasteiger partial charge in [0, 0.05) is 5.92 Å². The van der Waals surface area contributed by atoms with E-state index in [4.69, 9.17) is 9.26 Å². The molecule has 0 radical (unpaired) electrons. The monoisotopic (exact) mass is 276 g/mol. The van der Waals surface area contributed by atoms with Gasteiger partial charge in [0.05, 0.1) is 6.10 Å². The zero-order chi connectivity index (χ0) is 14.7. The maximum Gasteiger partial charge on any atom is 0.264 e. The van der Waals surface area contributed by atoms with Crippen molar-refractivity contribution < 1.29 is 14.4 Å². The second-order valence-electron chi connectivity index (χ2n) is 5.19. The van der Waals surface area contributed by atoms with Crippen LogP contribution in [0.5, 0.6) is 5.75 Å². The van der Waals surface area contributed by atoms with E-state index in [0.29, 0.717) is 11.7 Å². The molecule has 5 nitrogen and oxygen atoms in total.